The molecule has 0 aliphatic carbocycles. The maximum absolute atomic E-state index is 12.2. The second kappa shape index (κ2) is 8.17. The van der Waals surface area contributed by atoms with Gasteiger partial charge in [-0.3, -0.25) is 9.59 Å². The molecule has 0 saturated carbocycles. The zero-order chi connectivity index (χ0) is 16.7. The van der Waals surface area contributed by atoms with Crippen LogP contribution < -0.4 is 5.32 Å². The average molecular weight is 320 g/mol. The minimum Gasteiger partial charge on any atom is -0.468 e. The van der Waals surface area contributed by atoms with Gasteiger partial charge in [0.15, 0.2) is 0 Å². The van der Waals surface area contributed by atoms with E-state index in [-0.39, 0.29) is 19.1 Å². The van der Waals surface area contributed by atoms with E-state index < -0.39 is 18.1 Å². The lowest BCUT2D eigenvalue weighted by molar-refractivity contribution is -0.148. The number of esters is 1. The predicted octanol–water partition coefficient (Wildman–Crippen LogP) is 1.08. The van der Waals surface area contributed by atoms with Gasteiger partial charge in [0.05, 0.1) is 7.11 Å². The first-order chi connectivity index (χ1) is 11.1. The largest absolute Gasteiger partial charge is 0.468 e. The SMILES string of the molecule is COC(=O)CN1CCC[C@@H](NC(=O)OCc2ccccc2)C1=O. The standard InChI is InChI=1S/C16H20N2O5/c1-22-14(19)10-18-9-5-8-13(15(18)20)17-16(21)23-11-12-6-3-2-4-7-12/h2-4,6-7,13H,5,8-11H2,1H3,(H,17,21)/t13-/m1/s1. The van der Waals surface area contributed by atoms with Gasteiger partial charge in [-0.15, -0.1) is 0 Å². The molecule has 0 spiro atoms. The first kappa shape index (κ1) is 16.8. The van der Waals surface area contributed by atoms with Crippen molar-refractivity contribution in [3.8, 4) is 0 Å². The maximum atomic E-state index is 12.2. The van der Waals surface area contributed by atoms with Gasteiger partial charge in [-0.25, -0.2) is 4.79 Å². The Kier molecular flexibility index (Phi) is 5.96. The highest BCUT2D eigenvalue weighted by Gasteiger charge is 2.31. The zero-order valence-electron chi connectivity index (χ0n) is 13.0. The number of hydrogen-bond donors (Lipinski definition) is 1. The van der Waals surface area contributed by atoms with E-state index in [0.29, 0.717) is 19.4 Å². The third-order valence-electron chi connectivity index (χ3n) is 3.58. The monoisotopic (exact) mass is 320 g/mol. The van der Waals surface area contributed by atoms with E-state index >= 15 is 0 Å². The van der Waals surface area contributed by atoms with E-state index in [1.54, 1.807) is 0 Å². The highest BCUT2D eigenvalue weighted by atomic mass is 16.5. The van der Waals surface area contributed by atoms with E-state index in [2.05, 4.69) is 10.1 Å². The summed E-state index contributed by atoms with van der Waals surface area (Å²) in [5.41, 5.74) is 0.866. The van der Waals surface area contributed by atoms with Crippen molar-refractivity contribution in [1.82, 2.24) is 10.2 Å². The van der Waals surface area contributed by atoms with Crippen molar-refractivity contribution in [2.45, 2.75) is 25.5 Å². The van der Waals surface area contributed by atoms with Crippen molar-refractivity contribution in [3.05, 3.63) is 35.9 Å². The highest BCUT2D eigenvalue weighted by Crippen LogP contribution is 2.12. The molecule has 7 heteroatoms. The van der Waals surface area contributed by atoms with Crippen LogP contribution in [0.1, 0.15) is 18.4 Å². The number of ether oxygens (including phenoxy) is 2. The molecule has 23 heavy (non-hydrogen) atoms. The van der Waals surface area contributed by atoms with Gasteiger partial charge in [-0.05, 0) is 18.4 Å². The topological polar surface area (TPSA) is 84.9 Å². The second-order valence-electron chi connectivity index (χ2n) is 5.24. The molecule has 1 aromatic rings. The average Bonchev–Trinajstić information content (AvgIpc) is 2.57. The number of hydrogen-bond acceptors (Lipinski definition) is 5. The fourth-order valence-corrected chi connectivity index (χ4v) is 2.36. The summed E-state index contributed by atoms with van der Waals surface area (Å²) in [6, 6.07) is 8.60. The van der Waals surface area contributed by atoms with Crippen LogP contribution in [0.5, 0.6) is 0 Å². The molecule has 1 saturated heterocycles. The van der Waals surface area contributed by atoms with Gasteiger partial charge in [0.1, 0.15) is 19.2 Å². The Morgan fingerprint density at radius 1 is 1.30 bits per heavy atom. The summed E-state index contributed by atoms with van der Waals surface area (Å²) in [4.78, 5) is 36.7. The van der Waals surface area contributed by atoms with Crippen LogP contribution in [0, 0.1) is 0 Å². The minimum absolute atomic E-state index is 0.105. The Morgan fingerprint density at radius 3 is 2.74 bits per heavy atom. The first-order valence-corrected chi connectivity index (χ1v) is 7.43. The van der Waals surface area contributed by atoms with Crippen LogP contribution in [0.4, 0.5) is 4.79 Å². The second-order valence-corrected chi connectivity index (χ2v) is 5.24. The number of benzene rings is 1. The van der Waals surface area contributed by atoms with Crippen molar-refractivity contribution in [3.63, 3.8) is 0 Å². The van der Waals surface area contributed by atoms with Crippen molar-refractivity contribution >= 4 is 18.0 Å². The van der Waals surface area contributed by atoms with E-state index in [1.165, 1.54) is 12.0 Å². The Labute approximate surface area is 134 Å². The summed E-state index contributed by atoms with van der Waals surface area (Å²) in [6.07, 6.45) is 0.579. The molecule has 1 atom stereocenters. The number of amides is 2. The lowest BCUT2D eigenvalue weighted by Crippen LogP contribution is -2.53. The van der Waals surface area contributed by atoms with E-state index in [4.69, 9.17) is 4.74 Å². The van der Waals surface area contributed by atoms with Gasteiger partial charge < -0.3 is 19.7 Å². The van der Waals surface area contributed by atoms with Crippen LogP contribution in [-0.4, -0.2) is 49.1 Å². The normalized spacial score (nSPS) is 17.5. The molecule has 1 aliphatic heterocycles. The van der Waals surface area contributed by atoms with Crippen LogP contribution in [-0.2, 0) is 25.7 Å². The first-order valence-electron chi connectivity index (χ1n) is 7.43. The molecule has 2 rings (SSSR count). The molecule has 0 aromatic heterocycles. The summed E-state index contributed by atoms with van der Waals surface area (Å²) < 4.78 is 9.66. The summed E-state index contributed by atoms with van der Waals surface area (Å²) in [6.45, 7) is 0.511. The number of likely N-dealkylation sites (tertiary alicyclic amines) is 1. The summed E-state index contributed by atoms with van der Waals surface area (Å²) in [7, 11) is 1.27. The van der Waals surface area contributed by atoms with Crippen molar-refractivity contribution in [2.24, 2.45) is 0 Å². The van der Waals surface area contributed by atoms with Crippen LogP contribution in [0.3, 0.4) is 0 Å². The number of carbonyl (C=O) groups is 3. The Hall–Kier alpha value is -2.57. The van der Waals surface area contributed by atoms with Crippen LogP contribution in [0.15, 0.2) is 30.3 Å². The quantitative estimate of drug-likeness (QED) is 0.821. The Balaban J connectivity index is 1.82. The Morgan fingerprint density at radius 2 is 2.04 bits per heavy atom. The van der Waals surface area contributed by atoms with Gasteiger partial charge in [-0.1, -0.05) is 30.3 Å². The summed E-state index contributed by atoms with van der Waals surface area (Å²) in [5.74, 6) is -0.774. The number of piperidine rings is 1. The molecule has 0 unspecified atom stereocenters. The molecule has 1 aromatic carbocycles. The van der Waals surface area contributed by atoms with Crippen LogP contribution >= 0.6 is 0 Å². The van der Waals surface area contributed by atoms with Gasteiger partial charge in [0, 0.05) is 6.54 Å². The molecule has 2 amide bonds. The lowest BCUT2D eigenvalue weighted by Gasteiger charge is -2.31. The summed E-state index contributed by atoms with van der Waals surface area (Å²) >= 11 is 0. The molecular weight excluding hydrogens is 300 g/mol. The zero-order valence-corrected chi connectivity index (χ0v) is 13.0. The molecular formula is C16H20N2O5. The Bertz CT molecular complexity index is 561. The smallest absolute Gasteiger partial charge is 0.408 e. The molecule has 124 valence electrons. The molecule has 0 radical (unpaired) electrons. The third kappa shape index (κ3) is 4.98. The van der Waals surface area contributed by atoms with Crippen LogP contribution in [0.25, 0.3) is 0 Å². The molecule has 1 N–H and O–H groups in total. The molecule has 0 bridgehead atoms. The molecule has 1 aliphatic rings. The van der Waals surface area contributed by atoms with Gasteiger partial charge in [-0.2, -0.15) is 0 Å². The number of methoxy groups -OCH3 is 1. The number of carbonyl (C=O) groups excluding carboxylic acids is 3. The fourth-order valence-electron chi connectivity index (χ4n) is 2.36. The predicted molar refractivity (Wildman–Crippen MR) is 81.4 cm³/mol. The van der Waals surface area contributed by atoms with Gasteiger partial charge in [0.2, 0.25) is 5.91 Å². The van der Waals surface area contributed by atoms with Crippen LogP contribution in [0.2, 0.25) is 0 Å². The van der Waals surface area contributed by atoms with Gasteiger partial charge >= 0.3 is 12.1 Å². The van der Waals surface area contributed by atoms with E-state index in [0.717, 1.165) is 5.56 Å². The fraction of sp³-hybridized carbons (Fsp3) is 0.438. The number of rotatable bonds is 5. The minimum atomic E-state index is -0.670. The molecule has 1 heterocycles. The number of alkyl carbamates (subject to hydrolysis) is 1. The highest BCUT2D eigenvalue weighted by molar-refractivity contribution is 5.88. The van der Waals surface area contributed by atoms with E-state index in [1.807, 2.05) is 30.3 Å². The molecule has 7 nitrogen and oxygen atoms in total. The van der Waals surface area contributed by atoms with Gasteiger partial charge in [0.25, 0.3) is 0 Å². The van der Waals surface area contributed by atoms with E-state index in [9.17, 15) is 14.4 Å². The summed E-state index contributed by atoms with van der Waals surface area (Å²) in [5, 5.41) is 2.56. The maximum Gasteiger partial charge on any atom is 0.408 e. The lowest BCUT2D eigenvalue weighted by atomic mass is 10.1. The number of nitrogens with zero attached hydrogens (tertiary/aromatic N) is 1. The number of nitrogens with one attached hydrogen (secondary N) is 1. The third-order valence-corrected chi connectivity index (χ3v) is 3.58. The van der Waals surface area contributed by atoms with Crippen molar-refractivity contribution in [2.75, 3.05) is 20.2 Å². The molecule has 1 fully saturated rings. The van der Waals surface area contributed by atoms with Crippen molar-refractivity contribution in [1.29, 1.82) is 0 Å². The van der Waals surface area contributed by atoms with Crippen molar-refractivity contribution < 1.29 is 23.9 Å².